The highest BCUT2D eigenvalue weighted by molar-refractivity contribution is 5.93. The van der Waals surface area contributed by atoms with E-state index in [-0.39, 0.29) is 5.91 Å². The summed E-state index contributed by atoms with van der Waals surface area (Å²) in [5.41, 5.74) is 7.09. The van der Waals surface area contributed by atoms with Gasteiger partial charge in [-0.15, -0.1) is 0 Å². The van der Waals surface area contributed by atoms with Crippen LogP contribution in [0.2, 0.25) is 0 Å². The molecule has 1 aliphatic carbocycles. The fraction of sp³-hybridized carbons (Fsp3) is 0.615. The van der Waals surface area contributed by atoms with Gasteiger partial charge in [0, 0.05) is 26.3 Å². The van der Waals surface area contributed by atoms with Crippen LogP contribution in [0.1, 0.15) is 30.8 Å². The van der Waals surface area contributed by atoms with Crippen molar-refractivity contribution in [1.29, 1.82) is 0 Å². The lowest BCUT2D eigenvalue weighted by atomic mass is 10.3. The largest absolute Gasteiger partial charge is 0.397 e. The molecule has 0 aromatic carbocycles. The van der Waals surface area contributed by atoms with Crippen molar-refractivity contribution in [3.8, 4) is 0 Å². The van der Waals surface area contributed by atoms with Crippen LogP contribution in [0.3, 0.4) is 0 Å². The molecule has 2 N–H and O–H groups in total. The molecule has 94 valence electrons. The molecule has 1 saturated carbocycles. The Morgan fingerprint density at radius 2 is 2.29 bits per heavy atom. The zero-order valence-electron chi connectivity index (χ0n) is 10.8. The number of aromatic nitrogens is 1. The van der Waals surface area contributed by atoms with E-state index in [0.29, 0.717) is 17.3 Å². The van der Waals surface area contributed by atoms with E-state index in [9.17, 15) is 4.79 Å². The Hall–Kier alpha value is -1.45. The molecule has 17 heavy (non-hydrogen) atoms. The van der Waals surface area contributed by atoms with Crippen LogP contribution in [-0.2, 0) is 6.54 Å². The van der Waals surface area contributed by atoms with Crippen molar-refractivity contribution in [2.24, 2.45) is 11.8 Å². The van der Waals surface area contributed by atoms with Crippen LogP contribution in [0.4, 0.5) is 5.69 Å². The molecule has 4 nitrogen and oxygen atoms in total. The molecule has 1 fully saturated rings. The average molecular weight is 235 g/mol. The van der Waals surface area contributed by atoms with Crippen LogP contribution >= 0.6 is 0 Å². The molecule has 1 aromatic heterocycles. The smallest absolute Gasteiger partial charge is 0.270 e. The zero-order valence-corrected chi connectivity index (χ0v) is 10.8. The van der Waals surface area contributed by atoms with Crippen LogP contribution in [0.25, 0.3) is 0 Å². The molecule has 0 bridgehead atoms. The number of amides is 1. The highest BCUT2D eigenvalue weighted by Gasteiger charge is 2.34. The van der Waals surface area contributed by atoms with Crippen molar-refractivity contribution in [3.05, 3.63) is 18.0 Å². The highest BCUT2D eigenvalue weighted by atomic mass is 16.2. The predicted molar refractivity (Wildman–Crippen MR) is 68.7 cm³/mol. The number of carbonyl (C=O) groups excluding carboxylic acids is 1. The second-order valence-corrected chi connectivity index (χ2v) is 5.10. The lowest BCUT2D eigenvalue weighted by molar-refractivity contribution is 0.0776. The summed E-state index contributed by atoms with van der Waals surface area (Å²) in [5, 5.41) is 0. The van der Waals surface area contributed by atoms with E-state index in [1.807, 2.05) is 29.6 Å². The van der Waals surface area contributed by atoms with Gasteiger partial charge in [0.15, 0.2) is 0 Å². The number of anilines is 1. The van der Waals surface area contributed by atoms with Crippen molar-refractivity contribution < 1.29 is 4.79 Å². The number of rotatable bonds is 4. The van der Waals surface area contributed by atoms with Crippen molar-refractivity contribution >= 4 is 11.6 Å². The maximum Gasteiger partial charge on any atom is 0.270 e. The van der Waals surface area contributed by atoms with E-state index in [1.165, 1.54) is 6.42 Å². The monoisotopic (exact) mass is 235 g/mol. The van der Waals surface area contributed by atoms with Gasteiger partial charge < -0.3 is 15.2 Å². The predicted octanol–water partition coefficient (Wildman–Crippen LogP) is 1.82. The van der Waals surface area contributed by atoms with Gasteiger partial charge in [-0.3, -0.25) is 4.79 Å². The Kier molecular flexibility index (Phi) is 3.13. The molecule has 0 aliphatic heterocycles. The third kappa shape index (κ3) is 2.46. The number of hydrogen-bond donors (Lipinski definition) is 1. The molecule has 0 spiro atoms. The van der Waals surface area contributed by atoms with Gasteiger partial charge in [0.05, 0.1) is 5.69 Å². The molecular weight excluding hydrogens is 214 g/mol. The Morgan fingerprint density at radius 1 is 1.65 bits per heavy atom. The topological polar surface area (TPSA) is 51.3 Å². The van der Waals surface area contributed by atoms with Gasteiger partial charge in [0.1, 0.15) is 5.69 Å². The third-order valence-corrected chi connectivity index (χ3v) is 3.61. The average Bonchev–Trinajstić information content (AvgIpc) is 2.84. The number of nitrogens with zero attached hydrogens (tertiary/aromatic N) is 2. The van der Waals surface area contributed by atoms with Crippen molar-refractivity contribution in [3.63, 3.8) is 0 Å². The summed E-state index contributed by atoms with van der Waals surface area (Å²) < 4.78 is 1.91. The molecular formula is C13H21N3O. The van der Waals surface area contributed by atoms with E-state index in [2.05, 4.69) is 6.92 Å². The van der Waals surface area contributed by atoms with E-state index < -0.39 is 0 Å². The van der Waals surface area contributed by atoms with Crippen LogP contribution in [0.15, 0.2) is 12.3 Å². The number of nitrogens with two attached hydrogens (primary N) is 1. The van der Waals surface area contributed by atoms with Gasteiger partial charge in [-0.25, -0.2) is 0 Å². The van der Waals surface area contributed by atoms with Crippen LogP contribution in [0.5, 0.6) is 0 Å². The first kappa shape index (κ1) is 12.0. The Morgan fingerprint density at radius 3 is 2.82 bits per heavy atom. The van der Waals surface area contributed by atoms with Gasteiger partial charge in [-0.2, -0.15) is 0 Å². The van der Waals surface area contributed by atoms with Gasteiger partial charge in [-0.1, -0.05) is 6.92 Å². The molecule has 0 radical (unpaired) electrons. The third-order valence-electron chi connectivity index (χ3n) is 3.61. The van der Waals surface area contributed by atoms with Gasteiger partial charge >= 0.3 is 0 Å². The highest BCUT2D eigenvalue weighted by Crippen LogP contribution is 2.38. The maximum absolute atomic E-state index is 12.3. The zero-order chi connectivity index (χ0) is 12.6. The lowest BCUT2D eigenvalue weighted by Crippen LogP contribution is -2.30. The number of aryl methyl sites for hydroxylation is 1. The van der Waals surface area contributed by atoms with E-state index in [4.69, 9.17) is 5.73 Å². The molecule has 4 heteroatoms. The standard InChI is InChI=1S/C13H21N3O/c1-4-16-8-11(14)6-12(16)13(17)15(3)7-10-5-9(10)2/h6,8-10H,4-5,7,14H2,1-3H3. The molecule has 2 atom stereocenters. The second kappa shape index (κ2) is 4.43. The molecule has 1 aliphatic rings. The second-order valence-electron chi connectivity index (χ2n) is 5.10. The number of nitrogen functional groups attached to an aromatic ring is 1. The molecule has 1 aromatic rings. The summed E-state index contributed by atoms with van der Waals surface area (Å²) in [6, 6.07) is 1.76. The maximum atomic E-state index is 12.3. The fourth-order valence-electron chi connectivity index (χ4n) is 2.26. The number of hydrogen-bond acceptors (Lipinski definition) is 2. The molecule has 2 rings (SSSR count). The fourth-order valence-corrected chi connectivity index (χ4v) is 2.26. The molecule has 0 saturated heterocycles. The van der Waals surface area contributed by atoms with Crippen LogP contribution < -0.4 is 5.73 Å². The van der Waals surface area contributed by atoms with Gasteiger partial charge in [0.2, 0.25) is 0 Å². The Labute approximate surface area is 102 Å². The lowest BCUT2D eigenvalue weighted by Gasteiger charge is -2.17. The minimum Gasteiger partial charge on any atom is -0.397 e. The van der Waals surface area contributed by atoms with Crippen molar-refractivity contribution in [1.82, 2.24) is 9.47 Å². The van der Waals surface area contributed by atoms with Crippen LogP contribution in [0, 0.1) is 11.8 Å². The first-order valence-corrected chi connectivity index (χ1v) is 6.24. The molecule has 1 amide bonds. The van der Waals surface area contributed by atoms with Crippen molar-refractivity contribution in [2.75, 3.05) is 19.3 Å². The molecule has 1 heterocycles. The van der Waals surface area contributed by atoms with Crippen LogP contribution in [-0.4, -0.2) is 29.0 Å². The first-order chi connectivity index (χ1) is 8.02. The van der Waals surface area contributed by atoms with Gasteiger partial charge in [-0.05, 0) is 31.2 Å². The minimum atomic E-state index is 0.0719. The van der Waals surface area contributed by atoms with Crippen molar-refractivity contribution in [2.45, 2.75) is 26.8 Å². The molecule has 2 unspecified atom stereocenters. The summed E-state index contributed by atoms with van der Waals surface area (Å²) in [7, 11) is 1.87. The quantitative estimate of drug-likeness (QED) is 0.865. The van der Waals surface area contributed by atoms with E-state index in [1.54, 1.807) is 6.07 Å². The van der Waals surface area contributed by atoms with E-state index in [0.717, 1.165) is 19.0 Å². The van der Waals surface area contributed by atoms with E-state index >= 15 is 0 Å². The Balaban J connectivity index is 2.07. The SMILES string of the molecule is CCn1cc(N)cc1C(=O)N(C)CC1CC1C. The first-order valence-electron chi connectivity index (χ1n) is 6.24. The summed E-state index contributed by atoms with van der Waals surface area (Å²) in [5.74, 6) is 1.53. The Bertz CT molecular complexity index is 424. The summed E-state index contributed by atoms with van der Waals surface area (Å²) in [4.78, 5) is 14.1. The summed E-state index contributed by atoms with van der Waals surface area (Å²) >= 11 is 0. The normalized spacial score (nSPS) is 22.5. The minimum absolute atomic E-state index is 0.0719. The summed E-state index contributed by atoms with van der Waals surface area (Å²) in [6.45, 7) is 5.87. The van der Waals surface area contributed by atoms with Gasteiger partial charge in [0.25, 0.3) is 5.91 Å². The number of carbonyl (C=O) groups is 1. The summed E-state index contributed by atoms with van der Waals surface area (Å²) in [6.07, 6.45) is 3.06.